The van der Waals surface area contributed by atoms with E-state index in [1.807, 2.05) is 30.5 Å². The molecule has 0 aliphatic heterocycles. The Bertz CT molecular complexity index is 846. The maximum absolute atomic E-state index is 4.83. The second-order valence-corrected chi connectivity index (χ2v) is 6.03. The van der Waals surface area contributed by atoms with Gasteiger partial charge in [-0.3, -0.25) is 9.97 Å². The van der Waals surface area contributed by atoms with Crippen LogP contribution in [-0.2, 0) is 0 Å². The fraction of sp³-hybridized carbons (Fsp3) is 0. The van der Waals surface area contributed by atoms with Crippen molar-refractivity contribution >= 4 is 11.3 Å². The largest absolute Gasteiger partial charge is 0.265 e. The van der Waals surface area contributed by atoms with E-state index < -0.39 is 0 Å². The zero-order chi connectivity index (χ0) is 15.5. The Kier molecular flexibility index (Phi) is 3.66. The summed E-state index contributed by atoms with van der Waals surface area (Å²) in [4.78, 5) is 14.3. The highest BCUT2D eigenvalue weighted by Gasteiger charge is 2.09. The smallest absolute Gasteiger partial charge is 0.0815 e. The highest BCUT2D eigenvalue weighted by atomic mass is 32.1. The minimum Gasteiger partial charge on any atom is -0.265 e. The van der Waals surface area contributed by atoms with Crippen molar-refractivity contribution < 1.29 is 0 Å². The maximum atomic E-state index is 4.83. The van der Waals surface area contributed by atoms with Crippen LogP contribution in [0.4, 0.5) is 0 Å². The summed E-state index contributed by atoms with van der Waals surface area (Å²) in [5.41, 5.74) is 5.18. The summed E-state index contributed by atoms with van der Waals surface area (Å²) in [5, 5.41) is 2.07. The van der Waals surface area contributed by atoms with E-state index in [0.717, 1.165) is 33.0 Å². The SMILES string of the molecule is c1cncc(-c2cc(-c3ccncc3)nc(-c3cccs3)c2)c1. The lowest BCUT2D eigenvalue weighted by Gasteiger charge is -2.08. The summed E-state index contributed by atoms with van der Waals surface area (Å²) in [7, 11) is 0. The van der Waals surface area contributed by atoms with E-state index in [4.69, 9.17) is 4.98 Å². The Morgan fingerprint density at radius 1 is 0.696 bits per heavy atom. The number of pyridine rings is 3. The summed E-state index contributed by atoms with van der Waals surface area (Å²) >= 11 is 1.69. The third-order valence-corrected chi connectivity index (χ3v) is 4.46. The van der Waals surface area contributed by atoms with Gasteiger partial charge >= 0.3 is 0 Å². The Morgan fingerprint density at radius 2 is 1.57 bits per heavy atom. The minimum absolute atomic E-state index is 0.942. The Balaban J connectivity index is 1.91. The van der Waals surface area contributed by atoms with Crippen LogP contribution in [0.25, 0.3) is 33.0 Å². The molecule has 0 unspecified atom stereocenters. The van der Waals surface area contributed by atoms with Gasteiger partial charge in [-0.25, -0.2) is 4.98 Å². The first kappa shape index (κ1) is 13.8. The summed E-state index contributed by atoms with van der Waals surface area (Å²) in [6.07, 6.45) is 7.25. The molecule has 3 nitrogen and oxygen atoms in total. The third kappa shape index (κ3) is 2.89. The summed E-state index contributed by atoms with van der Waals surface area (Å²) < 4.78 is 0. The van der Waals surface area contributed by atoms with Crippen molar-refractivity contribution in [2.75, 3.05) is 0 Å². The summed E-state index contributed by atoms with van der Waals surface area (Å²) in [5.74, 6) is 0. The molecule has 4 aromatic rings. The Hall–Kier alpha value is -2.85. The molecule has 0 atom stereocenters. The van der Waals surface area contributed by atoms with Crippen LogP contribution in [0.15, 0.2) is 78.7 Å². The van der Waals surface area contributed by atoms with Gasteiger partial charge in [0.05, 0.1) is 16.3 Å². The Morgan fingerprint density at radius 3 is 2.30 bits per heavy atom. The highest BCUT2D eigenvalue weighted by Crippen LogP contribution is 2.31. The van der Waals surface area contributed by atoms with Crippen molar-refractivity contribution in [1.82, 2.24) is 15.0 Å². The van der Waals surface area contributed by atoms with Crippen LogP contribution < -0.4 is 0 Å². The summed E-state index contributed by atoms with van der Waals surface area (Å²) in [6, 6.07) is 16.3. The molecular weight excluding hydrogens is 302 g/mol. The molecule has 0 N–H and O–H groups in total. The van der Waals surface area contributed by atoms with E-state index in [1.54, 1.807) is 29.9 Å². The van der Waals surface area contributed by atoms with E-state index in [9.17, 15) is 0 Å². The van der Waals surface area contributed by atoms with E-state index in [1.165, 1.54) is 0 Å². The van der Waals surface area contributed by atoms with E-state index >= 15 is 0 Å². The molecule has 4 heteroatoms. The molecule has 110 valence electrons. The van der Waals surface area contributed by atoms with Crippen LogP contribution in [0.1, 0.15) is 0 Å². The number of rotatable bonds is 3. The Labute approximate surface area is 138 Å². The number of hydrogen-bond acceptors (Lipinski definition) is 4. The van der Waals surface area contributed by atoms with E-state index in [2.05, 4.69) is 39.6 Å². The number of thiophene rings is 1. The van der Waals surface area contributed by atoms with Gasteiger partial charge in [-0.2, -0.15) is 0 Å². The lowest BCUT2D eigenvalue weighted by molar-refractivity contribution is 1.29. The molecule has 4 rings (SSSR count). The molecule has 0 aliphatic rings. The van der Waals surface area contributed by atoms with Gasteiger partial charge in [0.2, 0.25) is 0 Å². The van der Waals surface area contributed by atoms with Gasteiger partial charge < -0.3 is 0 Å². The molecule has 0 spiro atoms. The minimum atomic E-state index is 0.942. The standard InChI is InChI=1S/C19H13N3S/c1-3-15(13-21-7-1)16-11-17(14-5-8-20-9-6-14)22-18(12-16)19-4-2-10-23-19/h1-13H. The monoisotopic (exact) mass is 315 g/mol. The molecule has 0 saturated heterocycles. The van der Waals surface area contributed by atoms with Crippen molar-refractivity contribution in [1.29, 1.82) is 0 Å². The van der Waals surface area contributed by atoms with Crippen LogP contribution in [-0.4, -0.2) is 15.0 Å². The molecule has 0 radical (unpaired) electrons. The molecule has 23 heavy (non-hydrogen) atoms. The molecule has 0 bridgehead atoms. The van der Waals surface area contributed by atoms with Gasteiger partial charge in [-0.15, -0.1) is 11.3 Å². The number of hydrogen-bond donors (Lipinski definition) is 0. The lowest BCUT2D eigenvalue weighted by Crippen LogP contribution is -1.90. The van der Waals surface area contributed by atoms with Gasteiger partial charge in [-0.1, -0.05) is 12.1 Å². The second kappa shape index (κ2) is 6.10. The van der Waals surface area contributed by atoms with Crippen molar-refractivity contribution in [3.63, 3.8) is 0 Å². The number of aromatic nitrogens is 3. The van der Waals surface area contributed by atoms with Crippen molar-refractivity contribution in [3.05, 3.63) is 78.7 Å². The fourth-order valence-electron chi connectivity index (χ4n) is 2.45. The van der Waals surface area contributed by atoms with Gasteiger partial charge in [0.25, 0.3) is 0 Å². The van der Waals surface area contributed by atoms with Gasteiger partial charge in [0.1, 0.15) is 0 Å². The molecule has 0 aliphatic carbocycles. The van der Waals surface area contributed by atoms with Crippen LogP contribution in [0.5, 0.6) is 0 Å². The summed E-state index contributed by atoms with van der Waals surface area (Å²) in [6.45, 7) is 0. The fourth-order valence-corrected chi connectivity index (χ4v) is 3.14. The van der Waals surface area contributed by atoms with Gasteiger partial charge in [0.15, 0.2) is 0 Å². The van der Waals surface area contributed by atoms with Crippen LogP contribution >= 0.6 is 11.3 Å². The second-order valence-electron chi connectivity index (χ2n) is 5.08. The topological polar surface area (TPSA) is 38.7 Å². The van der Waals surface area contributed by atoms with Crippen molar-refractivity contribution in [3.8, 4) is 33.0 Å². The lowest BCUT2D eigenvalue weighted by atomic mass is 10.0. The van der Waals surface area contributed by atoms with Crippen LogP contribution in [0.2, 0.25) is 0 Å². The van der Waals surface area contributed by atoms with E-state index in [0.29, 0.717) is 0 Å². The van der Waals surface area contributed by atoms with Crippen molar-refractivity contribution in [2.24, 2.45) is 0 Å². The van der Waals surface area contributed by atoms with Crippen molar-refractivity contribution in [2.45, 2.75) is 0 Å². The zero-order valence-corrected chi connectivity index (χ0v) is 13.1. The van der Waals surface area contributed by atoms with Crippen LogP contribution in [0.3, 0.4) is 0 Å². The average molecular weight is 315 g/mol. The molecule has 0 amide bonds. The molecule has 4 heterocycles. The molecule has 0 aromatic carbocycles. The number of nitrogens with zero attached hydrogens (tertiary/aromatic N) is 3. The van der Waals surface area contributed by atoms with Gasteiger partial charge in [-0.05, 0) is 47.3 Å². The first-order valence-corrected chi connectivity index (χ1v) is 8.15. The maximum Gasteiger partial charge on any atom is 0.0815 e. The van der Waals surface area contributed by atoms with E-state index in [-0.39, 0.29) is 0 Å². The normalized spacial score (nSPS) is 10.6. The molecule has 4 aromatic heterocycles. The highest BCUT2D eigenvalue weighted by molar-refractivity contribution is 7.13. The zero-order valence-electron chi connectivity index (χ0n) is 12.3. The first-order valence-electron chi connectivity index (χ1n) is 7.27. The third-order valence-electron chi connectivity index (χ3n) is 3.57. The molecule has 0 saturated carbocycles. The predicted molar refractivity (Wildman–Crippen MR) is 94.0 cm³/mol. The predicted octanol–water partition coefficient (Wildman–Crippen LogP) is 4.93. The quantitative estimate of drug-likeness (QED) is 0.538. The first-order chi connectivity index (χ1) is 11.4. The molecule has 0 fully saturated rings. The molecular formula is C19H13N3S. The van der Waals surface area contributed by atoms with Gasteiger partial charge in [0, 0.05) is 35.9 Å². The average Bonchev–Trinajstić information content (AvgIpc) is 3.18. The van der Waals surface area contributed by atoms with Crippen LogP contribution in [0, 0.1) is 0 Å².